The van der Waals surface area contributed by atoms with Gasteiger partial charge in [0.05, 0.1) is 4.90 Å². The number of sulfone groups is 1. The zero-order valence-electron chi connectivity index (χ0n) is 11.9. The van der Waals surface area contributed by atoms with Gasteiger partial charge in [0.25, 0.3) is 0 Å². The van der Waals surface area contributed by atoms with Crippen molar-refractivity contribution in [2.45, 2.75) is 29.0 Å². The fraction of sp³-hybridized carbons (Fsp3) is 0.250. The van der Waals surface area contributed by atoms with Crippen molar-refractivity contribution in [3.63, 3.8) is 0 Å². The van der Waals surface area contributed by atoms with Gasteiger partial charge in [-0.2, -0.15) is 8.78 Å². The van der Waals surface area contributed by atoms with Gasteiger partial charge in [0.1, 0.15) is 5.82 Å². The Hall–Kier alpha value is -2.02. The predicted molar refractivity (Wildman–Crippen MR) is 80.8 cm³/mol. The molecule has 1 aliphatic rings. The van der Waals surface area contributed by atoms with Crippen molar-refractivity contribution in [3.8, 4) is 0 Å². The van der Waals surface area contributed by atoms with Crippen LogP contribution in [0.3, 0.4) is 0 Å². The molecule has 0 aliphatic heterocycles. The topological polar surface area (TPSA) is 46.2 Å². The lowest BCUT2D eigenvalue weighted by Crippen LogP contribution is -2.11. The van der Waals surface area contributed by atoms with Crippen LogP contribution in [-0.2, 0) is 9.84 Å². The van der Waals surface area contributed by atoms with Crippen LogP contribution in [0.1, 0.15) is 17.9 Å². The summed E-state index contributed by atoms with van der Waals surface area (Å²) in [5.41, 5.74) is 1.54. The van der Waals surface area contributed by atoms with Gasteiger partial charge in [-0.3, -0.25) is 0 Å². The second kappa shape index (κ2) is 5.88. The Morgan fingerprint density at radius 2 is 1.78 bits per heavy atom. The standard InChI is InChI=1S/C16H14F3NO2S/c17-11-3-1-2-10(8-11)14-9-15(14)20-12-4-6-13(7-5-12)23(21,22)16(18)19/h1-8,14-16,20H,9H2/t14-,15+/m0/s1. The minimum atomic E-state index is -4.57. The molecule has 122 valence electrons. The monoisotopic (exact) mass is 341 g/mol. The summed E-state index contributed by atoms with van der Waals surface area (Å²) < 4.78 is 60.8. The van der Waals surface area contributed by atoms with E-state index in [0.717, 1.165) is 24.1 Å². The summed E-state index contributed by atoms with van der Waals surface area (Å²) in [6.45, 7) is 0. The summed E-state index contributed by atoms with van der Waals surface area (Å²) in [6.07, 6.45) is 0.834. The predicted octanol–water partition coefficient (Wildman–Crippen LogP) is 3.79. The highest BCUT2D eigenvalue weighted by molar-refractivity contribution is 7.91. The Bertz CT molecular complexity index is 806. The minimum absolute atomic E-state index is 0.120. The Labute approximate surface area is 132 Å². The van der Waals surface area contributed by atoms with Gasteiger partial charge in [-0.15, -0.1) is 0 Å². The van der Waals surface area contributed by atoms with Crippen molar-refractivity contribution in [1.29, 1.82) is 0 Å². The van der Waals surface area contributed by atoms with Crippen LogP contribution in [0.15, 0.2) is 53.4 Å². The molecule has 0 spiro atoms. The van der Waals surface area contributed by atoms with Crippen LogP contribution in [-0.4, -0.2) is 20.2 Å². The second-order valence-electron chi connectivity index (χ2n) is 5.48. The van der Waals surface area contributed by atoms with Crippen LogP contribution >= 0.6 is 0 Å². The molecule has 0 saturated heterocycles. The molecule has 3 nitrogen and oxygen atoms in total. The van der Waals surface area contributed by atoms with Gasteiger partial charge in [0, 0.05) is 17.6 Å². The Morgan fingerprint density at radius 1 is 1.09 bits per heavy atom. The molecule has 1 aliphatic carbocycles. The number of rotatable bonds is 5. The smallest absolute Gasteiger partial charge is 0.341 e. The highest BCUT2D eigenvalue weighted by Crippen LogP contribution is 2.43. The van der Waals surface area contributed by atoms with Crippen molar-refractivity contribution >= 4 is 15.5 Å². The van der Waals surface area contributed by atoms with E-state index >= 15 is 0 Å². The van der Waals surface area contributed by atoms with Crippen molar-refractivity contribution in [2.75, 3.05) is 5.32 Å². The molecule has 0 radical (unpaired) electrons. The third-order valence-corrected chi connectivity index (χ3v) is 5.24. The lowest BCUT2D eigenvalue weighted by Gasteiger charge is -2.08. The van der Waals surface area contributed by atoms with Gasteiger partial charge < -0.3 is 5.32 Å². The molecule has 23 heavy (non-hydrogen) atoms. The van der Waals surface area contributed by atoms with E-state index < -0.39 is 20.5 Å². The van der Waals surface area contributed by atoms with Crippen molar-refractivity contribution < 1.29 is 21.6 Å². The van der Waals surface area contributed by atoms with Crippen molar-refractivity contribution in [2.24, 2.45) is 0 Å². The lowest BCUT2D eigenvalue weighted by atomic mass is 10.1. The largest absolute Gasteiger partial charge is 0.382 e. The Balaban J connectivity index is 1.67. The number of hydrogen-bond donors (Lipinski definition) is 1. The maximum Gasteiger partial charge on any atom is 0.341 e. The number of alkyl halides is 2. The van der Waals surface area contributed by atoms with E-state index in [4.69, 9.17) is 0 Å². The first-order chi connectivity index (χ1) is 10.9. The van der Waals surface area contributed by atoms with E-state index in [-0.39, 0.29) is 17.8 Å². The molecule has 0 aromatic heterocycles. The molecule has 1 saturated carbocycles. The van der Waals surface area contributed by atoms with Crippen LogP contribution in [0.25, 0.3) is 0 Å². The molecule has 2 aromatic carbocycles. The van der Waals surface area contributed by atoms with Gasteiger partial charge in [-0.1, -0.05) is 12.1 Å². The van der Waals surface area contributed by atoms with Crippen LogP contribution < -0.4 is 5.32 Å². The number of anilines is 1. The Morgan fingerprint density at radius 3 is 2.39 bits per heavy atom. The minimum Gasteiger partial charge on any atom is -0.382 e. The first-order valence-corrected chi connectivity index (χ1v) is 8.56. The first-order valence-electron chi connectivity index (χ1n) is 7.02. The fourth-order valence-electron chi connectivity index (χ4n) is 2.52. The van der Waals surface area contributed by atoms with Gasteiger partial charge >= 0.3 is 5.76 Å². The van der Waals surface area contributed by atoms with E-state index in [2.05, 4.69) is 5.32 Å². The zero-order chi connectivity index (χ0) is 16.6. The maximum absolute atomic E-state index is 13.2. The van der Waals surface area contributed by atoms with E-state index in [1.54, 1.807) is 6.07 Å². The summed E-state index contributed by atoms with van der Waals surface area (Å²) in [5.74, 6) is -3.52. The summed E-state index contributed by atoms with van der Waals surface area (Å²) in [5, 5.41) is 3.19. The van der Waals surface area contributed by atoms with Crippen LogP contribution in [0.4, 0.5) is 18.9 Å². The summed E-state index contributed by atoms with van der Waals surface area (Å²) in [6, 6.07) is 11.7. The molecule has 2 aromatic rings. The SMILES string of the molecule is O=S(=O)(c1ccc(N[C@@H]2C[C@H]2c2cccc(F)c2)cc1)C(F)F. The summed E-state index contributed by atoms with van der Waals surface area (Å²) in [4.78, 5) is -0.407. The molecule has 0 heterocycles. The first kappa shape index (κ1) is 15.9. The fourth-order valence-corrected chi connectivity index (χ4v) is 3.24. The number of halogens is 3. The molecule has 2 atom stereocenters. The quantitative estimate of drug-likeness (QED) is 0.900. The van der Waals surface area contributed by atoms with Crippen molar-refractivity contribution in [1.82, 2.24) is 0 Å². The van der Waals surface area contributed by atoms with Gasteiger partial charge in [-0.25, -0.2) is 12.8 Å². The number of nitrogens with one attached hydrogen (secondary N) is 1. The van der Waals surface area contributed by atoms with E-state index in [1.165, 1.54) is 24.3 Å². The maximum atomic E-state index is 13.2. The third kappa shape index (κ3) is 3.34. The molecular formula is C16H14F3NO2S. The van der Waals surface area contributed by atoms with Crippen LogP contribution in [0.2, 0.25) is 0 Å². The molecule has 7 heteroatoms. The average molecular weight is 341 g/mol. The normalized spacial score (nSPS) is 20.5. The molecule has 0 amide bonds. The van der Waals surface area contributed by atoms with Crippen LogP contribution in [0, 0.1) is 5.82 Å². The second-order valence-corrected chi connectivity index (χ2v) is 7.40. The van der Waals surface area contributed by atoms with E-state index in [1.807, 2.05) is 6.07 Å². The number of benzene rings is 2. The molecule has 1 N–H and O–H groups in total. The third-order valence-electron chi connectivity index (χ3n) is 3.84. The van der Waals surface area contributed by atoms with E-state index in [0.29, 0.717) is 5.69 Å². The molecular weight excluding hydrogens is 327 g/mol. The highest BCUT2D eigenvalue weighted by Gasteiger charge is 2.38. The molecule has 0 unspecified atom stereocenters. The van der Waals surface area contributed by atoms with Gasteiger partial charge in [0.2, 0.25) is 9.84 Å². The van der Waals surface area contributed by atoms with E-state index in [9.17, 15) is 21.6 Å². The lowest BCUT2D eigenvalue weighted by molar-refractivity contribution is 0.234. The van der Waals surface area contributed by atoms with Gasteiger partial charge in [-0.05, 0) is 48.4 Å². The average Bonchev–Trinajstić information content (AvgIpc) is 3.27. The summed E-state index contributed by atoms with van der Waals surface area (Å²) >= 11 is 0. The molecule has 0 bridgehead atoms. The highest BCUT2D eigenvalue weighted by atomic mass is 32.2. The zero-order valence-corrected chi connectivity index (χ0v) is 12.7. The van der Waals surface area contributed by atoms with Gasteiger partial charge in [0.15, 0.2) is 0 Å². The molecule has 1 fully saturated rings. The molecule has 3 rings (SSSR count). The van der Waals surface area contributed by atoms with Crippen LogP contribution in [0.5, 0.6) is 0 Å². The summed E-state index contributed by atoms with van der Waals surface area (Å²) in [7, 11) is -4.57. The van der Waals surface area contributed by atoms with Crippen molar-refractivity contribution in [3.05, 3.63) is 59.9 Å². The Kier molecular flexibility index (Phi) is 4.06. The number of hydrogen-bond acceptors (Lipinski definition) is 3.